The van der Waals surface area contributed by atoms with Gasteiger partial charge in [-0.15, -0.1) is 10.2 Å². The molecule has 1 heterocycles. The van der Waals surface area contributed by atoms with Crippen molar-refractivity contribution in [3.8, 4) is 11.4 Å². The molecule has 0 aliphatic carbocycles. The number of rotatable bonds is 8. The van der Waals surface area contributed by atoms with Crippen LogP contribution in [0.5, 0.6) is 0 Å². The Labute approximate surface area is 163 Å². The third kappa shape index (κ3) is 5.09. The lowest BCUT2D eigenvalue weighted by atomic mass is 10.0. The molecule has 7 nitrogen and oxygen atoms in total. The minimum atomic E-state index is -0.584. The van der Waals surface area contributed by atoms with Crippen molar-refractivity contribution in [2.45, 2.75) is 39.3 Å². The SMILES string of the molecule is CCc1ccc(-c2nnn(CC(=O)N[C@@H](Cc3ccccc3)C(C)=O)n2)cc1. The van der Waals surface area contributed by atoms with Gasteiger partial charge in [-0.25, -0.2) is 0 Å². The van der Waals surface area contributed by atoms with E-state index in [1.807, 2.05) is 54.6 Å². The zero-order valence-corrected chi connectivity index (χ0v) is 16.0. The zero-order valence-electron chi connectivity index (χ0n) is 16.0. The van der Waals surface area contributed by atoms with Gasteiger partial charge in [0.15, 0.2) is 5.78 Å². The van der Waals surface area contributed by atoms with E-state index < -0.39 is 6.04 Å². The van der Waals surface area contributed by atoms with Crippen LogP contribution in [-0.4, -0.2) is 37.9 Å². The fourth-order valence-corrected chi connectivity index (χ4v) is 2.83. The molecule has 0 aliphatic rings. The summed E-state index contributed by atoms with van der Waals surface area (Å²) in [5.74, 6) is 0.0322. The topological polar surface area (TPSA) is 89.8 Å². The second-order valence-electron chi connectivity index (χ2n) is 6.61. The smallest absolute Gasteiger partial charge is 0.244 e. The van der Waals surface area contributed by atoms with E-state index in [-0.39, 0.29) is 18.2 Å². The number of carbonyl (C=O) groups is 2. The summed E-state index contributed by atoms with van der Waals surface area (Å²) >= 11 is 0. The highest BCUT2D eigenvalue weighted by Gasteiger charge is 2.18. The second-order valence-corrected chi connectivity index (χ2v) is 6.61. The van der Waals surface area contributed by atoms with Gasteiger partial charge in [-0.3, -0.25) is 9.59 Å². The van der Waals surface area contributed by atoms with Gasteiger partial charge in [0.25, 0.3) is 0 Å². The minimum Gasteiger partial charge on any atom is -0.344 e. The number of hydrogen-bond donors (Lipinski definition) is 1. The van der Waals surface area contributed by atoms with E-state index >= 15 is 0 Å². The van der Waals surface area contributed by atoms with Crippen molar-refractivity contribution in [1.29, 1.82) is 0 Å². The highest BCUT2D eigenvalue weighted by molar-refractivity contribution is 5.87. The molecule has 7 heteroatoms. The number of Topliss-reactive ketones (excluding diaryl/α,β-unsaturated/α-hetero) is 1. The van der Waals surface area contributed by atoms with E-state index in [0.29, 0.717) is 12.2 Å². The molecule has 28 heavy (non-hydrogen) atoms. The molecule has 0 spiro atoms. The maximum absolute atomic E-state index is 12.4. The molecule has 1 amide bonds. The third-order valence-corrected chi connectivity index (χ3v) is 4.47. The van der Waals surface area contributed by atoms with Crippen LogP contribution in [0, 0.1) is 0 Å². The monoisotopic (exact) mass is 377 g/mol. The van der Waals surface area contributed by atoms with Crippen LogP contribution >= 0.6 is 0 Å². The molecule has 144 valence electrons. The number of aryl methyl sites for hydroxylation is 1. The first-order valence-corrected chi connectivity index (χ1v) is 9.26. The van der Waals surface area contributed by atoms with Gasteiger partial charge in [-0.05, 0) is 36.1 Å². The largest absolute Gasteiger partial charge is 0.344 e. The van der Waals surface area contributed by atoms with Crippen molar-refractivity contribution in [1.82, 2.24) is 25.5 Å². The van der Waals surface area contributed by atoms with Gasteiger partial charge in [-0.1, -0.05) is 61.5 Å². The second kappa shape index (κ2) is 9.03. The van der Waals surface area contributed by atoms with E-state index in [1.54, 1.807) is 0 Å². The van der Waals surface area contributed by atoms with Gasteiger partial charge in [0, 0.05) is 5.56 Å². The lowest BCUT2D eigenvalue weighted by Gasteiger charge is -2.15. The molecule has 2 aromatic carbocycles. The number of tetrazole rings is 1. The number of hydrogen-bond acceptors (Lipinski definition) is 5. The molecule has 0 saturated carbocycles. The van der Waals surface area contributed by atoms with E-state index in [2.05, 4.69) is 27.7 Å². The maximum atomic E-state index is 12.4. The summed E-state index contributed by atoms with van der Waals surface area (Å²) in [5.41, 5.74) is 3.05. The van der Waals surface area contributed by atoms with Crippen LogP contribution < -0.4 is 5.32 Å². The highest BCUT2D eigenvalue weighted by Crippen LogP contribution is 2.14. The summed E-state index contributed by atoms with van der Waals surface area (Å²) in [6.07, 6.45) is 1.41. The fourth-order valence-electron chi connectivity index (χ4n) is 2.83. The van der Waals surface area contributed by atoms with Crippen LogP contribution in [0.15, 0.2) is 54.6 Å². The van der Waals surface area contributed by atoms with E-state index in [9.17, 15) is 9.59 Å². The van der Waals surface area contributed by atoms with Gasteiger partial charge in [-0.2, -0.15) is 4.80 Å². The average Bonchev–Trinajstić information content (AvgIpc) is 3.16. The van der Waals surface area contributed by atoms with Crippen LogP contribution in [0.2, 0.25) is 0 Å². The molecule has 0 bridgehead atoms. The number of benzene rings is 2. The molecule has 3 aromatic rings. The van der Waals surface area contributed by atoms with Gasteiger partial charge < -0.3 is 5.32 Å². The Kier molecular flexibility index (Phi) is 6.26. The first-order valence-electron chi connectivity index (χ1n) is 9.26. The lowest BCUT2D eigenvalue weighted by Crippen LogP contribution is -2.43. The van der Waals surface area contributed by atoms with Crippen LogP contribution in [0.25, 0.3) is 11.4 Å². The molecule has 1 atom stereocenters. The zero-order chi connectivity index (χ0) is 19.9. The fraction of sp³-hybridized carbons (Fsp3) is 0.286. The number of nitrogens with one attached hydrogen (secondary N) is 1. The van der Waals surface area contributed by atoms with Crippen molar-refractivity contribution in [3.63, 3.8) is 0 Å². The molecule has 3 rings (SSSR count). The Morgan fingerprint density at radius 1 is 1.04 bits per heavy atom. The van der Waals surface area contributed by atoms with Gasteiger partial charge in [0.2, 0.25) is 11.7 Å². The van der Waals surface area contributed by atoms with E-state index in [1.165, 1.54) is 17.3 Å². The highest BCUT2D eigenvalue weighted by atomic mass is 16.2. The summed E-state index contributed by atoms with van der Waals surface area (Å²) in [6, 6.07) is 16.9. The molecule has 0 fully saturated rings. The van der Waals surface area contributed by atoms with Gasteiger partial charge in [0.05, 0.1) is 6.04 Å². The van der Waals surface area contributed by atoms with Crippen molar-refractivity contribution >= 4 is 11.7 Å². The Balaban J connectivity index is 1.62. The predicted octanol–water partition coefficient (Wildman–Crippen LogP) is 2.22. The average molecular weight is 377 g/mol. The Morgan fingerprint density at radius 2 is 1.75 bits per heavy atom. The van der Waals surface area contributed by atoms with Crippen molar-refractivity contribution in [2.75, 3.05) is 0 Å². The Hall–Kier alpha value is -3.35. The maximum Gasteiger partial charge on any atom is 0.244 e. The number of ketones is 1. The molecule has 0 unspecified atom stereocenters. The summed E-state index contributed by atoms with van der Waals surface area (Å²) in [7, 11) is 0. The number of nitrogens with zero attached hydrogens (tertiary/aromatic N) is 4. The van der Waals surface area contributed by atoms with Crippen molar-refractivity contribution < 1.29 is 9.59 Å². The van der Waals surface area contributed by atoms with Gasteiger partial charge >= 0.3 is 0 Å². The molecule has 1 N–H and O–H groups in total. The summed E-state index contributed by atoms with van der Waals surface area (Å²) < 4.78 is 0. The first kappa shape index (κ1) is 19.4. The predicted molar refractivity (Wildman–Crippen MR) is 105 cm³/mol. The van der Waals surface area contributed by atoms with Crippen LogP contribution in [-0.2, 0) is 29.0 Å². The summed E-state index contributed by atoms with van der Waals surface area (Å²) in [4.78, 5) is 25.5. The van der Waals surface area contributed by atoms with Gasteiger partial charge in [0.1, 0.15) is 6.54 Å². The molecule has 0 radical (unpaired) electrons. The Morgan fingerprint density at radius 3 is 2.39 bits per heavy atom. The van der Waals surface area contributed by atoms with E-state index in [0.717, 1.165) is 17.5 Å². The Bertz CT molecular complexity index is 935. The minimum absolute atomic E-state index is 0.0968. The quantitative estimate of drug-likeness (QED) is 0.650. The van der Waals surface area contributed by atoms with Crippen LogP contribution in [0.4, 0.5) is 0 Å². The summed E-state index contributed by atoms with van der Waals surface area (Å²) in [6.45, 7) is 3.46. The van der Waals surface area contributed by atoms with Crippen LogP contribution in [0.3, 0.4) is 0 Å². The molecule has 1 aromatic heterocycles. The number of amides is 1. The number of aromatic nitrogens is 4. The lowest BCUT2D eigenvalue weighted by molar-refractivity contribution is -0.127. The number of carbonyl (C=O) groups excluding carboxylic acids is 2. The van der Waals surface area contributed by atoms with Crippen molar-refractivity contribution in [2.24, 2.45) is 0 Å². The molecular weight excluding hydrogens is 354 g/mol. The molecule has 0 saturated heterocycles. The van der Waals surface area contributed by atoms with Crippen molar-refractivity contribution in [3.05, 3.63) is 65.7 Å². The third-order valence-electron chi connectivity index (χ3n) is 4.47. The normalized spacial score (nSPS) is 11.8. The molecule has 0 aliphatic heterocycles. The standard InChI is InChI=1S/C21H23N5O2/c1-3-16-9-11-18(12-10-16)21-23-25-26(24-21)14-20(28)22-19(15(2)27)13-17-7-5-4-6-8-17/h4-12,19H,3,13-14H2,1-2H3,(H,22,28)/t19-/m0/s1. The van der Waals surface area contributed by atoms with E-state index in [4.69, 9.17) is 0 Å². The first-order chi connectivity index (χ1) is 13.5. The molecular formula is C21H23N5O2. The van der Waals surface area contributed by atoms with Crippen LogP contribution in [0.1, 0.15) is 25.0 Å². The summed E-state index contributed by atoms with van der Waals surface area (Å²) in [5, 5.41) is 15.0.